The maximum Gasteiger partial charge on any atom is 0.331 e. The summed E-state index contributed by atoms with van der Waals surface area (Å²) in [4.78, 5) is 18.2. The highest BCUT2D eigenvalue weighted by atomic mass is 16.5. The summed E-state index contributed by atoms with van der Waals surface area (Å²) in [5.41, 5.74) is 5.41. The highest BCUT2D eigenvalue weighted by molar-refractivity contribution is 5.91. The Morgan fingerprint density at radius 1 is 1.33 bits per heavy atom. The molecule has 1 heterocycles. The number of ether oxygens (including phenoxy) is 1. The number of aliphatic imine (C=N–C) groups is 1. The van der Waals surface area contributed by atoms with Crippen LogP contribution in [-0.2, 0) is 11.2 Å². The number of likely N-dealkylation sites (N-methyl/N-ethyl adjacent to an activating group) is 1. The van der Waals surface area contributed by atoms with Crippen LogP contribution in [0.1, 0.15) is 36.5 Å². The molecule has 2 atom stereocenters. The van der Waals surface area contributed by atoms with Crippen LogP contribution in [-0.4, -0.2) is 42.0 Å². The van der Waals surface area contributed by atoms with Gasteiger partial charge in [-0.15, -0.1) is 0 Å². The lowest BCUT2D eigenvalue weighted by Gasteiger charge is -2.24. The van der Waals surface area contributed by atoms with E-state index in [-0.39, 0.29) is 6.04 Å². The van der Waals surface area contributed by atoms with Gasteiger partial charge in [0, 0.05) is 30.7 Å². The Kier molecular flexibility index (Phi) is 5.40. The molecule has 0 saturated carbocycles. The number of allylic oxidation sites excluding steroid dienone is 2. The van der Waals surface area contributed by atoms with Crippen LogP contribution in [0.15, 0.2) is 40.5 Å². The fraction of sp³-hybridized carbons (Fsp3) is 0.455. The predicted molar refractivity (Wildman–Crippen MR) is 107 cm³/mol. The Balaban J connectivity index is 1.70. The van der Waals surface area contributed by atoms with Gasteiger partial charge >= 0.3 is 5.97 Å². The van der Waals surface area contributed by atoms with Crippen molar-refractivity contribution < 1.29 is 14.6 Å². The third-order valence-electron chi connectivity index (χ3n) is 5.68. The second-order valence-electron chi connectivity index (χ2n) is 7.53. The van der Waals surface area contributed by atoms with E-state index in [9.17, 15) is 9.90 Å². The molecule has 0 radical (unpaired) electrons. The van der Waals surface area contributed by atoms with Crippen molar-refractivity contribution in [3.05, 3.63) is 52.2 Å². The molecule has 0 aromatic heterocycles. The summed E-state index contributed by atoms with van der Waals surface area (Å²) in [7, 11) is 3.73. The summed E-state index contributed by atoms with van der Waals surface area (Å²) >= 11 is 0. The van der Waals surface area contributed by atoms with Gasteiger partial charge in [-0.05, 0) is 67.7 Å². The normalized spacial score (nSPS) is 19.8. The number of hydrogen-bond donors (Lipinski definition) is 1. The lowest BCUT2D eigenvalue weighted by Crippen LogP contribution is -2.29. The van der Waals surface area contributed by atoms with Crippen LogP contribution in [0.2, 0.25) is 0 Å². The van der Waals surface area contributed by atoms with Gasteiger partial charge < -0.3 is 14.7 Å². The van der Waals surface area contributed by atoms with E-state index in [2.05, 4.69) is 37.8 Å². The number of rotatable bonds is 6. The van der Waals surface area contributed by atoms with Gasteiger partial charge in [0.2, 0.25) is 0 Å². The van der Waals surface area contributed by atoms with Gasteiger partial charge in [0.05, 0.1) is 13.2 Å². The summed E-state index contributed by atoms with van der Waals surface area (Å²) in [6, 6.07) is 4.11. The second kappa shape index (κ2) is 7.59. The van der Waals surface area contributed by atoms with Crippen LogP contribution in [0.4, 0.5) is 0 Å². The number of fused-ring (bicyclic) bond motifs is 1. The van der Waals surface area contributed by atoms with Crippen LogP contribution in [0.3, 0.4) is 0 Å². The molecule has 3 rings (SSSR count). The number of benzene rings is 1. The summed E-state index contributed by atoms with van der Waals surface area (Å²) in [5.74, 6) is 1.40. The summed E-state index contributed by atoms with van der Waals surface area (Å²) in [5, 5.41) is 9.23. The van der Waals surface area contributed by atoms with Crippen LogP contribution < -0.4 is 4.74 Å². The Morgan fingerprint density at radius 2 is 2.00 bits per heavy atom. The highest BCUT2D eigenvalue weighted by Crippen LogP contribution is 2.32. The van der Waals surface area contributed by atoms with E-state index in [4.69, 9.17) is 9.73 Å². The number of aliphatic carboxylic acids is 1. The first kappa shape index (κ1) is 19.2. The fourth-order valence-corrected chi connectivity index (χ4v) is 4.08. The van der Waals surface area contributed by atoms with Gasteiger partial charge in [0.1, 0.15) is 11.6 Å². The molecule has 1 aromatic rings. The number of methoxy groups -OCH3 is 1. The maximum absolute atomic E-state index is 11.2. The number of amidine groups is 1. The summed E-state index contributed by atoms with van der Waals surface area (Å²) < 4.78 is 5.35. The first-order valence-electron chi connectivity index (χ1n) is 9.41. The minimum Gasteiger partial charge on any atom is -0.497 e. The van der Waals surface area contributed by atoms with E-state index < -0.39 is 5.97 Å². The van der Waals surface area contributed by atoms with Gasteiger partial charge in [-0.2, -0.15) is 0 Å². The molecule has 0 bridgehead atoms. The molecule has 0 saturated heterocycles. The average molecular weight is 368 g/mol. The van der Waals surface area contributed by atoms with E-state index >= 15 is 0 Å². The first-order valence-corrected chi connectivity index (χ1v) is 9.41. The molecule has 1 N–H and O–H groups in total. The molecule has 27 heavy (non-hydrogen) atoms. The second-order valence-corrected chi connectivity index (χ2v) is 7.53. The highest BCUT2D eigenvalue weighted by Gasteiger charge is 2.33. The SMILES string of the molecule is COc1cc(C)c(CCC(C)C2=NC3CC(C(=O)O)=CC=C3N2C)c(C)c1. The van der Waals surface area contributed by atoms with Crippen LogP contribution in [0.5, 0.6) is 5.75 Å². The molecule has 144 valence electrons. The van der Waals surface area contributed by atoms with Gasteiger partial charge in [-0.25, -0.2) is 4.79 Å². The molecule has 5 heteroatoms. The van der Waals surface area contributed by atoms with Crippen molar-refractivity contribution in [1.82, 2.24) is 4.90 Å². The smallest absolute Gasteiger partial charge is 0.331 e. The van der Waals surface area contributed by atoms with Crippen molar-refractivity contribution in [3.8, 4) is 5.75 Å². The number of hydrogen-bond acceptors (Lipinski definition) is 4. The van der Waals surface area contributed by atoms with Crippen LogP contribution >= 0.6 is 0 Å². The number of carbonyl (C=O) groups is 1. The molecule has 5 nitrogen and oxygen atoms in total. The van der Waals surface area contributed by atoms with E-state index in [1.54, 1.807) is 13.2 Å². The molecule has 0 fully saturated rings. The third kappa shape index (κ3) is 3.77. The van der Waals surface area contributed by atoms with Gasteiger partial charge in [0.15, 0.2) is 0 Å². The summed E-state index contributed by atoms with van der Waals surface area (Å²) in [6.45, 7) is 6.47. The molecule has 1 aliphatic carbocycles. The van der Waals surface area contributed by atoms with Gasteiger partial charge in [-0.1, -0.05) is 6.92 Å². The lowest BCUT2D eigenvalue weighted by atomic mass is 9.93. The predicted octanol–water partition coefficient (Wildman–Crippen LogP) is 3.89. The Labute approximate surface area is 161 Å². The quantitative estimate of drug-likeness (QED) is 0.827. The Morgan fingerprint density at radius 3 is 2.59 bits per heavy atom. The van der Waals surface area contributed by atoms with Crippen molar-refractivity contribution in [2.24, 2.45) is 10.9 Å². The molecule has 2 unspecified atom stereocenters. The number of aryl methyl sites for hydroxylation is 2. The molecule has 0 amide bonds. The Hall–Kier alpha value is -2.56. The van der Waals surface area contributed by atoms with Crippen LogP contribution in [0.25, 0.3) is 0 Å². The largest absolute Gasteiger partial charge is 0.497 e. The zero-order valence-electron chi connectivity index (χ0n) is 16.7. The van der Waals surface area contributed by atoms with E-state index in [0.717, 1.165) is 30.1 Å². The van der Waals surface area contributed by atoms with Crippen molar-refractivity contribution in [2.75, 3.05) is 14.2 Å². The molecular formula is C22H28N2O3. The fourth-order valence-electron chi connectivity index (χ4n) is 4.08. The number of nitrogens with zero attached hydrogens (tertiary/aromatic N) is 2. The number of carboxylic acid groups (broad SMARTS) is 1. The monoisotopic (exact) mass is 368 g/mol. The average Bonchev–Trinajstić information content (AvgIpc) is 2.96. The molecular weight excluding hydrogens is 340 g/mol. The van der Waals surface area contributed by atoms with Crippen molar-refractivity contribution in [2.45, 2.75) is 46.1 Å². The molecule has 2 aliphatic rings. The van der Waals surface area contributed by atoms with E-state index in [1.165, 1.54) is 16.7 Å². The lowest BCUT2D eigenvalue weighted by molar-refractivity contribution is -0.132. The van der Waals surface area contributed by atoms with Gasteiger partial charge in [-0.3, -0.25) is 4.99 Å². The topological polar surface area (TPSA) is 62.1 Å². The van der Waals surface area contributed by atoms with Crippen LogP contribution in [0, 0.1) is 19.8 Å². The first-order chi connectivity index (χ1) is 12.8. The standard InChI is InChI=1S/C22H28N2O3/c1-13(6-8-18-14(2)10-17(27-5)11-15(18)3)21-23-19-12-16(22(25)26)7-9-20(19)24(21)4/h7,9-11,13,19H,6,8,12H2,1-5H3,(H,25,26). The minimum atomic E-state index is -0.852. The maximum atomic E-state index is 11.2. The minimum absolute atomic E-state index is 0.0620. The Bertz CT molecular complexity index is 828. The zero-order chi connectivity index (χ0) is 19.7. The van der Waals surface area contributed by atoms with E-state index in [0.29, 0.717) is 17.9 Å². The third-order valence-corrected chi connectivity index (χ3v) is 5.68. The van der Waals surface area contributed by atoms with Gasteiger partial charge in [0.25, 0.3) is 0 Å². The molecule has 0 spiro atoms. The van der Waals surface area contributed by atoms with Crippen molar-refractivity contribution >= 4 is 11.8 Å². The van der Waals surface area contributed by atoms with Crippen molar-refractivity contribution in [3.63, 3.8) is 0 Å². The zero-order valence-corrected chi connectivity index (χ0v) is 16.7. The van der Waals surface area contributed by atoms with Crippen molar-refractivity contribution in [1.29, 1.82) is 0 Å². The molecule has 1 aromatic carbocycles. The summed E-state index contributed by atoms with van der Waals surface area (Å²) in [6.07, 6.45) is 6.06. The molecule has 1 aliphatic heterocycles. The van der Waals surface area contributed by atoms with E-state index in [1.807, 2.05) is 13.1 Å². The number of carboxylic acids is 1.